The fraction of sp³-hybridized carbons (Fsp3) is 0.625. The average molecular weight is 199 g/mol. The standard InChI is InChI=1S/C8H13N3OS/c9-8-7(4-10-11-8)13-5-6-2-1-3-12-6/h4,6H,1-3,5H2,(H3,9,10,11). The SMILES string of the molecule is Nc1[nH]ncc1SCC1CCCO1. The minimum absolute atomic E-state index is 0.402. The lowest BCUT2D eigenvalue weighted by atomic mass is 10.3. The largest absolute Gasteiger partial charge is 0.383 e. The van der Waals surface area contributed by atoms with Crippen molar-refractivity contribution in [1.82, 2.24) is 10.2 Å². The Bertz CT molecular complexity index is 270. The molecule has 1 aliphatic rings. The molecule has 1 fully saturated rings. The third-order valence-electron chi connectivity index (χ3n) is 2.08. The van der Waals surface area contributed by atoms with E-state index >= 15 is 0 Å². The van der Waals surface area contributed by atoms with Gasteiger partial charge in [0.1, 0.15) is 5.82 Å². The molecule has 2 rings (SSSR count). The molecule has 1 aliphatic heterocycles. The molecule has 4 nitrogen and oxygen atoms in total. The van der Waals surface area contributed by atoms with E-state index in [9.17, 15) is 0 Å². The van der Waals surface area contributed by atoms with Crippen LogP contribution >= 0.6 is 11.8 Å². The zero-order valence-corrected chi connectivity index (χ0v) is 8.14. The Balaban J connectivity index is 1.82. The molecule has 1 aromatic rings. The van der Waals surface area contributed by atoms with E-state index in [0.717, 1.165) is 17.3 Å². The molecule has 72 valence electrons. The quantitative estimate of drug-likeness (QED) is 0.719. The average Bonchev–Trinajstić information content (AvgIpc) is 2.72. The van der Waals surface area contributed by atoms with Crippen molar-refractivity contribution in [3.63, 3.8) is 0 Å². The molecule has 13 heavy (non-hydrogen) atoms. The van der Waals surface area contributed by atoms with E-state index in [1.54, 1.807) is 18.0 Å². The normalized spacial score (nSPS) is 22.3. The molecule has 1 aromatic heterocycles. The van der Waals surface area contributed by atoms with Gasteiger partial charge in [0, 0.05) is 12.4 Å². The van der Waals surface area contributed by atoms with Gasteiger partial charge < -0.3 is 10.5 Å². The third kappa shape index (κ3) is 2.16. The first-order valence-electron chi connectivity index (χ1n) is 4.39. The van der Waals surface area contributed by atoms with E-state index in [0.29, 0.717) is 11.9 Å². The minimum Gasteiger partial charge on any atom is -0.383 e. The number of nitrogens with zero attached hydrogens (tertiary/aromatic N) is 1. The maximum absolute atomic E-state index is 5.65. The summed E-state index contributed by atoms with van der Waals surface area (Å²) in [5.74, 6) is 1.63. The lowest BCUT2D eigenvalue weighted by molar-refractivity contribution is 0.129. The number of nitrogen functional groups attached to an aromatic ring is 1. The van der Waals surface area contributed by atoms with E-state index in [1.165, 1.54) is 12.8 Å². The molecule has 0 aliphatic carbocycles. The van der Waals surface area contributed by atoms with Crippen LogP contribution in [-0.2, 0) is 4.74 Å². The second kappa shape index (κ2) is 4.02. The second-order valence-corrected chi connectivity index (χ2v) is 4.16. The highest BCUT2D eigenvalue weighted by atomic mass is 32.2. The van der Waals surface area contributed by atoms with Gasteiger partial charge in [-0.05, 0) is 12.8 Å². The third-order valence-corrected chi connectivity index (χ3v) is 3.26. The van der Waals surface area contributed by atoms with Crippen LogP contribution in [0.15, 0.2) is 11.1 Å². The predicted octanol–water partition coefficient (Wildman–Crippen LogP) is 1.26. The Hall–Kier alpha value is -0.680. The molecule has 1 atom stereocenters. The van der Waals surface area contributed by atoms with Gasteiger partial charge >= 0.3 is 0 Å². The maximum Gasteiger partial charge on any atom is 0.132 e. The molecule has 0 radical (unpaired) electrons. The summed E-state index contributed by atoms with van der Waals surface area (Å²) in [6, 6.07) is 0. The molecule has 0 aromatic carbocycles. The van der Waals surface area contributed by atoms with Gasteiger partial charge in [0.15, 0.2) is 0 Å². The Kier molecular flexibility index (Phi) is 2.75. The number of nitrogens with two attached hydrogens (primary N) is 1. The Morgan fingerprint density at radius 2 is 2.69 bits per heavy atom. The number of anilines is 1. The van der Waals surface area contributed by atoms with Crippen molar-refractivity contribution in [2.45, 2.75) is 23.8 Å². The lowest BCUT2D eigenvalue weighted by Gasteiger charge is -2.07. The van der Waals surface area contributed by atoms with E-state index in [4.69, 9.17) is 10.5 Å². The van der Waals surface area contributed by atoms with Crippen molar-refractivity contribution in [3.05, 3.63) is 6.20 Å². The van der Waals surface area contributed by atoms with E-state index in [2.05, 4.69) is 10.2 Å². The summed E-state index contributed by atoms with van der Waals surface area (Å²) in [6.07, 6.45) is 4.52. The van der Waals surface area contributed by atoms with Gasteiger partial charge in [-0.25, -0.2) is 0 Å². The minimum atomic E-state index is 0.402. The van der Waals surface area contributed by atoms with Crippen molar-refractivity contribution in [3.8, 4) is 0 Å². The number of ether oxygens (including phenoxy) is 1. The number of thioether (sulfide) groups is 1. The van der Waals surface area contributed by atoms with E-state index in [1.807, 2.05) is 0 Å². The van der Waals surface area contributed by atoms with Gasteiger partial charge in [-0.1, -0.05) is 0 Å². The predicted molar refractivity (Wildman–Crippen MR) is 52.7 cm³/mol. The van der Waals surface area contributed by atoms with Gasteiger partial charge in [-0.15, -0.1) is 11.8 Å². The number of hydrogen-bond donors (Lipinski definition) is 2. The zero-order chi connectivity index (χ0) is 9.10. The number of nitrogens with one attached hydrogen (secondary N) is 1. The number of aromatic amines is 1. The number of rotatable bonds is 3. The molecule has 5 heteroatoms. The van der Waals surface area contributed by atoms with Crippen LogP contribution in [0.1, 0.15) is 12.8 Å². The van der Waals surface area contributed by atoms with Gasteiger partial charge in [0.2, 0.25) is 0 Å². The second-order valence-electron chi connectivity index (χ2n) is 3.09. The molecule has 1 saturated heterocycles. The zero-order valence-electron chi connectivity index (χ0n) is 7.32. The van der Waals surface area contributed by atoms with E-state index in [-0.39, 0.29) is 0 Å². The number of H-pyrrole nitrogens is 1. The van der Waals surface area contributed by atoms with Crippen molar-refractivity contribution >= 4 is 17.6 Å². The number of aromatic nitrogens is 2. The van der Waals surface area contributed by atoms with Crippen molar-refractivity contribution in [2.75, 3.05) is 18.1 Å². The summed E-state index contributed by atoms with van der Waals surface area (Å²) in [5.41, 5.74) is 5.65. The Morgan fingerprint density at radius 3 is 3.31 bits per heavy atom. The van der Waals surface area contributed by atoms with Crippen LogP contribution in [0.3, 0.4) is 0 Å². The van der Waals surface area contributed by atoms with Crippen LogP contribution in [0.2, 0.25) is 0 Å². The van der Waals surface area contributed by atoms with Crippen LogP contribution in [0.4, 0.5) is 5.82 Å². The molecular formula is C8H13N3OS. The fourth-order valence-corrected chi connectivity index (χ4v) is 2.32. The summed E-state index contributed by atoms with van der Waals surface area (Å²) in [5, 5.41) is 6.57. The summed E-state index contributed by atoms with van der Waals surface area (Å²) in [4.78, 5) is 1.02. The summed E-state index contributed by atoms with van der Waals surface area (Å²) in [6.45, 7) is 0.909. The first-order valence-corrected chi connectivity index (χ1v) is 5.38. The summed E-state index contributed by atoms with van der Waals surface area (Å²) in [7, 11) is 0. The topological polar surface area (TPSA) is 63.9 Å². The maximum atomic E-state index is 5.65. The van der Waals surface area contributed by atoms with Crippen LogP contribution < -0.4 is 5.73 Å². The van der Waals surface area contributed by atoms with E-state index < -0.39 is 0 Å². The van der Waals surface area contributed by atoms with Crippen molar-refractivity contribution < 1.29 is 4.74 Å². The molecule has 0 bridgehead atoms. The monoisotopic (exact) mass is 199 g/mol. The molecule has 0 saturated carbocycles. The van der Waals surface area contributed by atoms with Crippen LogP contribution in [0, 0.1) is 0 Å². The van der Waals surface area contributed by atoms with Crippen LogP contribution in [0.5, 0.6) is 0 Å². The Labute approximate surface area is 81.2 Å². The van der Waals surface area contributed by atoms with Crippen molar-refractivity contribution in [2.24, 2.45) is 0 Å². The van der Waals surface area contributed by atoms with Crippen LogP contribution in [-0.4, -0.2) is 28.7 Å². The molecule has 1 unspecified atom stereocenters. The summed E-state index contributed by atoms with van der Waals surface area (Å²) < 4.78 is 5.50. The van der Waals surface area contributed by atoms with Crippen LogP contribution in [0.25, 0.3) is 0 Å². The molecule has 3 N–H and O–H groups in total. The molecular weight excluding hydrogens is 186 g/mol. The molecule has 2 heterocycles. The number of hydrogen-bond acceptors (Lipinski definition) is 4. The summed E-state index contributed by atoms with van der Waals surface area (Å²) >= 11 is 1.71. The smallest absolute Gasteiger partial charge is 0.132 e. The highest BCUT2D eigenvalue weighted by molar-refractivity contribution is 7.99. The highest BCUT2D eigenvalue weighted by Gasteiger charge is 2.16. The molecule has 0 spiro atoms. The van der Waals surface area contributed by atoms with Gasteiger partial charge in [-0.2, -0.15) is 5.10 Å². The van der Waals surface area contributed by atoms with Gasteiger partial charge in [0.25, 0.3) is 0 Å². The first kappa shape index (κ1) is 8.90. The van der Waals surface area contributed by atoms with Gasteiger partial charge in [-0.3, -0.25) is 5.10 Å². The van der Waals surface area contributed by atoms with Gasteiger partial charge in [0.05, 0.1) is 17.2 Å². The molecule has 0 amide bonds. The first-order chi connectivity index (χ1) is 6.36. The lowest BCUT2D eigenvalue weighted by Crippen LogP contribution is -2.07. The Morgan fingerprint density at radius 1 is 1.77 bits per heavy atom. The van der Waals surface area contributed by atoms with Crippen molar-refractivity contribution in [1.29, 1.82) is 0 Å². The highest BCUT2D eigenvalue weighted by Crippen LogP contribution is 2.26. The fourth-order valence-electron chi connectivity index (χ4n) is 1.36.